The topological polar surface area (TPSA) is 61.4 Å². The highest BCUT2D eigenvalue weighted by molar-refractivity contribution is 5.97. The largest absolute Gasteiger partial charge is 0.337 e. The summed E-state index contributed by atoms with van der Waals surface area (Å²) in [7, 11) is 1.67. The lowest BCUT2D eigenvalue weighted by atomic mass is 10.1. The Morgan fingerprint density at radius 3 is 2.80 bits per heavy atom. The van der Waals surface area contributed by atoms with Crippen LogP contribution in [0.5, 0.6) is 0 Å². The maximum Gasteiger partial charge on any atom is 0.256 e. The number of benzene rings is 1. The van der Waals surface area contributed by atoms with Gasteiger partial charge in [-0.3, -0.25) is 9.59 Å². The molecule has 1 aliphatic heterocycles. The molecule has 1 heterocycles. The summed E-state index contributed by atoms with van der Waals surface area (Å²) in [5, 5.41) is 5.71. The van der Waals surface area contributed by atoms with E-state index in [2.05, 4.69) is 10.6 Å². The van der Waals surface area contributed by atoms with Gasteiger partial charge in [0.05, 0.1) is 5.56 Å². The average Bonchev–Trinajstić information content (AvgIpc) is 2.92. The van der Waals surface area contributed by atoms with E-state index in [1.54, 1.807) is 11.9 Å². The third-order valence-electron chi connectivity index (χ3n) is 3.42. The molecule has 1 saturated heterocycles. The lowest BCUT2D eigenvalue weighted by molar-refractivity contribution is -0.114. The van der Waals surface area contributed by atoms with Gasteiger partial charge in [0.15, 0.2) is 0 Å². The number of carbonyl (C=O) groups is 2. The van der Waals surface area contributed by atoms with Gasteiger partial charge in [-0.1, -0.05) is 0 Å². The molecular weight excluding hydrogens is 261 g/mol. The predicted octanol–water partition coefficient (Wildman–Crippen LogP) is 1.22. The summed E-state index contributed by atoms with van der Waals surface area (Å²) >= 11 is 0. The normalized spacial score (nSPS) is 17.9. The van der Waals surface area contributed by atoms with Crippen LogP contribution in [0.1, 0.15) is 23.7 Å². The number of hydrogen-bond donors (Lipinski definition) is 2. The summed E-state index contributed by atoms with van der Waals surface area (Å²) in [6.07, 6.45) is 0.856. The Hall–Kier alpha value is -1.95. The Morgan fingerprint density at radius 2 is 2.20 bits per heavy atom. The molecule has 1 atom stereocenters. The van der Waals surface area contributed by atoms with E-state index in [1.807, 2.05) is 0 Å². The number of hydrogen-bond acceptors (Lipinski definition) is 3. The van der Waals surface area contributed by atoms with E-state index in [0.29, 0.717) is 5.69 Å². The zero-order valence-corrected chi connectivity index (χ0v) is 11.6. The molecule has 6 heteroatoms. The molecule has 20 heavy (non-hydrogen) atoms. The smallest absolute Gasteiger partial charge is 0.256 e. The predicted molar refractivity (Wildman–Crippen MR) is 74.1 cm³/mol. The van der Waals surface area contributed by atoms with Crippen LogP contribution in [0.15, 0.2) is 18.2 Å². The number of rotatable bonds is 3. The van der Waals surface area contributed by atoms with Crippen molar-refractivity contribution in [1.29, 1.82) is 0 Å². The Balaban J connectivity index is 2.21. The number of likely N-dealkylation sites (N-methyl/N-ethyl adjacent to an activating group) is 1. The Morgan fingerprint density at radius 1 is 1.45 bits per heavy atom. The molecule has 0 saturated carbocycles. The molecule has 0 radical (unpaired) electrons. The maximum absolute atomic E-state index is 13.8. The number of nitrogens with zero attached hydrogens (tertiary/aromatic N) is 1. The second kappa shape index (κ2) is 6.00. The van der Waals surface area contributed by atoms with Crippen LogP contribution in [-0.2, 0) is 4.79 Å². The average molecular weight is 279 g/mol. The van der Waals surface area contributed by atoms with Crippen molar-refractivity contribution in [3.05, 3.63) is 29.6 Å². The molecule has 108 valence electrons. The van der Waals surface area contributed by atoms with Crippen molar-refractivity contribution in [3.8, 4) is 0 Å². The number of anilines is 1. The Bertz CT molecular complexity index is 527. The van der Waals surface area contributed by atoms with Gasteiger partial charge in [0, 0.05) is 32.2 Å². The van der Waals surface area contributed by atoms with Crippen molar-refractivity contribution in [1.82, 2.24) is 10.2 Å². The number of amides is 2. The SMILES string of the molecule is CC(=O)Nc1ccc(F)c(C(=O)N(C)C2CCNC2)c1. The van der Waals surface area contributed by atoms with Gasteiger partial charge < -0.3 is 15.5 Å². The van der Waals surface area contributed by atoms with Gasteiger partial charge in [0.25, 0.3) is 5.91 Å². The maximum atomic E-state index is 13.8. The van der Waals surface area contributed by atoms with E-state index in [0.717, 1.165) is 19.5 Å². The summed E-state index contributed by atoms with van der Waals surface area (Å²) in [6, 6.07) is 4.08. The second-order valence-corrected chi connectivity index (χ2v) is 4.94. The van der Waals surface area contributed by atoms with Crippen molar-refractivity contribution < 1.29 is 14.0 Å². The molecule has 5 nitrogen and oxygen atoms in total. The fourth-order valence-corrected chi connectivity index (χ4v) is 2.30. The standard InChI is InChI=1S/C14H18FN3O2/c1-9(19)17-10-3-4-13(15)12(7-10)14(20)18(2)11-5-6-16-8-11/h3-4,7,11,16H,5-6,8H2,1-2H3,(H,17,19). The van der Waals surface area contributed by atoms with Gasteiger partial charge >= 0.3 is 0 Å². The van der Waals surface area contributed by atoms with Crippen LogP contribution in [0.2, 0.25) is 0 Å². The lowest BCUT2D eigenvalue weighted by Crippen LogP contribution is -2.38. The van der Waals surface area contributed by atoms with Gasteiger partial charge in [-0.2, -0.15) is 0 Å². The van der Waals surface area contributed by atoms with Gasteiger partial charge in [-0.05, 0) is 31.2 Å². The minimum absolute atomic E-state index is 0.0225. The highest BCUT2D eigenvalue weighted by atomic mass is 19.1. The molecule has 1 unspecified atom stereocenters. The number of halogens is 1. The first-order valence-electron chi connectivity index (χ1n) is 6.54. The first kappa shape index (κ1) is 14.5. The zero-order valence-electron chi connectivity index (χ0n) is 11.6. The Labute approximate surface area is 117 Å². The van der Waals surface area contributed by atoms with Crippen LogP contribution in [0.3, 0.4) is 0 Å². The molecule has 1 aromatic rings. The summed E-state index contributed by atoms with van der Waals surface area (Å²) in [5.74, 6) is -1.21. The fraction of sp³-hybridized carbons (Fsp3) is 0.429. The van der Waals surface area contributed by atoms with Crippen LogP contribution in [0.25, 0.3) is 0 Å². The van der Waals surface area contributed by atoms with E-state index in [4.69, 9.17) is 0 Å². The van der Waals surface area contributed by atoms with Gasteiger partial charge in [-0.25, -0.2) is 4.39 Å². The first-order valence-corrected chi connectivity index (χ1v) is 6.54. The van der Waals surface area contributed by atoms with Crippen molar-refractivity contribution >= 4 is 17.5 Å². The molecule has 2 N–H and O–H groups in total. The third kappa shape index (κ3) is 3.14. The van der Waals surface area contributed by atoms with E-state index in [9.17, 15) is 14.0 Å². The molecule has 1 aromatic carbocycles. The molecule has 1 fully saturated rings. The summed E-state index contributed by atoms with van der Waals surface area (Å²) in [6.45, 7) is 2.94. The molecule has 0 aromatic heterocycles. The highest BCUT2D eigenvalue weighted by Gasteiger charge is 2.25. The fourth-order valence-electron chi connectivity index (χ4n) is 2.30. The molecule has 0 bridgehead atoms. The highest BCUT2D eigenvalue weighted by Crippen LogP contribution is 2.18. The zero-order chi connectivity index (χ0) is 14.7. The van der Waals surface area contributed by atoms with E-state index >= 15 is 0 Å². The summed E-state index contributed by atoms with van der Waals surface area (Å²) < 4.78 is 13.8. The Kier molecular flexibility index (Phi) is 4.34. The van der Waals surface area contributed by atoms with Crippen LogP contribution in [-0.4, -0.2) is 42.9 Å². The molecule has 0 aliphatic carbocycles. The molecule has 0 spiro atoms. The van der Waals surface area contributed by atoms with Gasteiger partial charge in [0.1, 0.15) is 5.82 Å². The molecular formula is C14H18FN3O2. The summed E-state index contributed by atoms with van der Waals surface area (Å²) in [5.41, 5.74) is 0.394. The second-order valence-electron chi connectivity index (χ2n) is 4.94. The van der Waals surface area contributed by atoms with Crippen LogP contribution in [0.4, 0.5) is 10.1 Å². The van der Waals surface area contributed by atoms with Crippen molar-refractivity contribution in [3.63, 3.8) is 0 Å². The van der Waals surface area contributed by atoms with E-state index in [-0.39, 0.29) is 23.4 Å². The van der Waals surface area contributed by atoms with E-state index in [1.165, 1.54) is 25.1 Å². The molecule has 2 rings (SSSR count). The quantitative estimate of drug-likeness (QED) is 0.874. The molecule has 2 amide bonds. The van der Waals surface area contributed by atoms with Gasteiger partial charge in [0.2, 0.25) is 5.91 Å². The first-order chi connectivity index (χ1) is 9.49. The number of carbonyl (C=O) groups excluding carboxylic acids is 2. The van der Waals surface area contributed by atoms with Crippen LogP contribution in [0, 0.1) is 5.82 Å². The minimum atomic E-state index is -0.582. The summed E-state index contributed by atoms with van der Waals surface area (Å²) in [4.78, 5) is 24.9. The third-order valence-corrected chi connectivity index (χ3v) is 3.42. The van der Waals surface area contributed by atoms with Crippen molar-refractivity contribution in [2.45, 2.75) is 19.4 Å². The van der Waals surface area contributed by atoms with E-state index < -0.39 is 5.82 Å². The minimum Gasteiger partial charge on any atom is -0.337 e. The van der Waals surface area contributed by atoms with Crippen molar-refractivity contribution in [2.24, 2.45) is 0 Å². The van der Waals surface area contributed by atoms with Crippen LogP contribution >= 0.6 is 0 Å². The number of nitrogens with one attached hydrogen (secondary N) is 2. The van der Waals surface area contributed by atoms with Crippen LogP contribution < -0.4 is 10.6 Å². The lowest BCUT2D eigenvalue weighted by Gasteiger charge is -2.24. The van der Waals surface area contributed by atoms with Gasteiger partial charge in [-0.15, -0.1) is 0 Å². The monoisotopic (exact) mass is 279 g/mol. The molecule has 1 aliphatic rings. The van der Waals surface area contributed by atoms with Crippen molar-refractivity contribution in [2.75, 3.05) is 25.5 Å².